The molecule has 2 aromatic rings. The third-order valence-electron chi connectivity index (χ3n) is 8.64. The van der Waals surface area contributed by atoms with E-state index < -0.39 is 13.9 Å². The summed E-state index contributed by atoms with van der Waals surface area (Å²) in [6.07, 6.45) is 6.28. The normalized spacial score (nSPS) is 31.9. The van der Waals surface area contributed by atoms with Crippen molar-refractivity contribution in [3.63, 3.8) is 0 Å². The first-order chi connectivity index (χ1) is 16.5. The van der Waals surface area contributed by atoms with Crippen molar-refractivity contribution in [1.29, 1.82) is 0 Å². The topological polar surface area (TPSA) is 129 Å². The van der Waals surface area contributed by atoms with Gasteiger partial charge in [-0.25, -0.2) is 9.55 Å². The molecule has 1 amide bonds. The molecule has 2 saturated carbocycles. The number of phosphoric acid groups is 1. The molecule has 4 N–H and O–H groups in total. The molecule has 0 bridgehead atoms. The van der Waals surface area contributed by atoms with Crippen molar-refractivity contribution in [1.82, 2.24) is 4.98 Å². The summed E-state index contributed by atoms with van der Waals surface area (Å²) >= 11 is 1.44. The average molecular weight is 521 g/mol. The highest BCUT2D eigenvalue weighted by molar-refractivity contribution is 7.46. The second kappa shape index (κ2) is 9.27. The molecule has 8 nitrogen and oxygen atoms in total. The molecule has 2 fully saturated rings. The van der Waals surface area contributed by atoms with Crippen molar-refractivity contribution >= 4 is 30.2 Å². The average Bonchev–Trinajstić information content (AvgIpc) is 3.30. The van der Waals surface area contributed by atoms with E-state index in [4.69, 9.17) is 4.52 Å². The summed E-state index contributed by atoms with van der Waals surface area (Å²) in [5.41, 5.74) is 2.13. The number of nitrogens with one attached hydrogen (secondary N) is 1. The zero-order valence-electron chi connectivity index (χ0n) is 20.0. The Morgan fingerprint density at radius 2 is 2.14 bits per heavy atom. The van der Waals surface area contributed by atoms with Gasteiger partial charge in [0.1, 0.15) is 5.75 Å². The third kappa shape index (κ3) is 4.94. The van der Waals surface area contributed by atoms with E-state index in [0.717, 1.165) is 30.6 Å². The van der Waals surface area contributed by atoms with Gasteiger partial charge in [-0.05, 0) is 97.8 Å². The van der Waals surface area contributed by atoms with Crippen molar-refractivity contribution in [2.24, 2.45) is 23.2 Å². The number of hydrogen-bond donors (Lipinski definition) is 4. The number of rotatable bonds is 6. The Morgan fingerprint density at radius 1 is 1.34 bits per heavy atom. The summed E-state index contributed by atoms with van der Waals surface area (Å²) in [6, 6.07) is 5.67. The number of carbonyl (C=O) groups excluding carboxylic acids is 1. The summed E-state index contributed by atoms with van der Waals surface area (Å²) in [5.74, 6) is 1.24. The molecular weight excluding hydrogens is 487 g/mol. The number of phosphoric ester groups is 1. The fourth-order valence-corrected chi connectivity index (χ4v) is 8.68. The number of phenols is 1. The number of phenolic OH excluding ortho intramolecular Hbond substituents is 1. The van der Waals surface area contributed by atoms with E-state index in [-0.39, 0.29) is 28.9 Å². The fraction of sp³-hybridized carbons (Fsp3) is 0.600. The Hall–Kier alpha value is -1.77. The first-order valence-electron chi connectivity index (χ1n) is 12.3. The van der Waals surface area contributed by atoms with Gasteiger partial charge < -0.3 is 20.2 Å². The van der Waals surface area contributed by atoms with Crippen LogP contribution in [0.15, 0.2) is 24.4 Å². The Labute approximate surface area is 209 Å². The summed E-state index contributed by atoms with van der Waals surface area (Å²) < 4.78 is 17.2. The van der Waals surface area contributed by atoms with Crippen molar-refractivity contribution in [3.8, 4) is 5.75 Å². The number of aryl methyl sites for hydroxylation is 2. The van der Waals surface area contributed by atoms with Crippen molar-refractivity contribution in [2.75, 3.05) is 5.32 Å². The molecule has 6 atom stereocenters. The van der Waals surface area contributed by atoms with Crippen LogP contribution in [0.5, 0.6) is 5.75 Å². The number of carbonyl (C=O) groups is 1. The predicted molar refractivity (Wildman–Crippen MR) is 133 cm³/mol. The highest BCUT2D eigenvalue weighted by atomic mass is 32.1. The lowest BCUT2D eigenvalue weighted by atomic mass is 9.53. The highest BCUT2D eigenvalue weighted by Gasteiger charge is 2.60. The van der Waals surface area contributed by atoms with Gasteiger partial charge in [0, 0.05) is 17.5 Å². The molecule has 35 heavy (non-hydrogen) atoms. The Bertz CT molecular complexity index is 1160. The van der Waals surface area contributed by atoms with E-state index in [9.17, 15) is 24.3 Å². The van der Waals surface area contributed by atoms with Gasteiger partial charge in [-0.15, -0.1) is 11.3 Å². The van der Waals surface area contributed by atoms with Crippen LogP contribution < -0.4 is 5.32 Å². The Kier molecular flexibility index (Phi) is 6.60. The maximum Gasteiger partial charge on any atom is 0.469 e. The van der Waals surface area contributed by atoms with Crippen LogP contribution in [0.4, 0.5) is 5.13 Å². The molecule has 3 aliphatic rings. The molecule has 190 valence electrons. The van der Waals surface area contributed by atoms with Gasteiger partial charge >= 0.3 is 7.82 Å². The van der Waals surface area contributed by atoms with Crippen LogP contribution in [0.25, 0.3) is 0 Å². The van der Waals surface area contributed by atoms with Gasteiger partial charge in [-0.2, -0.15) is 0 Å². The van der Waals surface area contributed by atoms with Gasteiger partial charge in [0.2, 0.25) is 5.91 Å². The molecule has 0 spiro atoms. The van der Waals surface area contributed by atoms with Crippen molar-refractivity contribution < 1.29 is 28.8 Å². The molecule has 0 radical (unpaired) electrons. The number of thiazole rings is 1. The lowest BCUT2D eigenvalue weighted by Crippen LogP contribution is -2.45. The van der Waals surface area contributed by atoms with Crippen LogP contribution in [-0.4, -0.2) is 31.9 Å². The first kappa shape index (κ1) is 24.9. The van der Waals surface area contributed by atoms with Crippen LogP contribution in [0, 0.1) is 30.1 Å². The SMILES string of the molecule is Cc1cnc(NC(=O)CCC2CC(OP(=O)(O)O)C3(C)CCC4c5ccc(O)cc5CCC4C23)s1. The number of amides is 1. The minimum atomic E-state index is -4.64. The van der Waals surface area contributed by atoms with E-state index >= 15 is 0 Å². The van der Waals surface area contributed by atoms with Gasteiger partial charge in [0.25, 0.3) is 0 Å². The molecule has 1 aromatic carbocycles. The molecule has 5 rings (SSSR count). The summed E-state index contributed by atoms with van der Waals surface area (Å²) in [7, 11) is -4.64. The third-order valence-corrected chi connectivity index (χ3v) is 10.00. The van der Waals surface area contributed by atoms with Gasteiger partial charge in [0.15, 0.2) is 5.13 Å². The number of nitrogens with zero attached hydrogens (tertiary/aromatic N) is 1. The van der Waals surface area contributed by atoms with Gasteiger partial charge in [-0.3, -0.25) is 9.32 Å². The Morgan fingerprint density at radius 3 is 2.86 bits per heavy atom. The van der Waals surface area contributed by atoms with Crippen LogP contribution in [-0.2, 0) is 20.3 Å². The summed E-state index contributed by atoms with van der Waals surface area (Å²) in [6.45, 7) is 4.07. The fourth-order valence-electron chi connectivity index (χ4n) is 7.34. The zero-order chi connectivity index (χ0) is 25.0. The summed E-state index contributed by atoms with van der Waals surface area (Å²) in [4.78, 5) is 37.2. The molecule has 1 heterocycles. The minimum absolute atomic E-state index is 0.0859. The Balaban J connectivity index is 1.38. The molecular formula is C25H33N2O6PS. The first-order valence-corrected chi connectivity index (χ1v) is 14.7. The predicted octanol–water partition coefficient (Wildman–Crippen LogP) is 5.14. The van der Waals surface area contributed by atoms with Gasteiger partial charge in [-0.1, -0.05) is 13.0 Å². The second-order valence-electron chi connectivity index (χ2n) is 10.7. The largest absolute Gasteiger partial charge is 0.508 e. The number of benzene rings is 1. The molecule has 6 unspecified atom stereocenters. The molecule has 0 aliphatic heterocycles. The standard InChI is InChI=1S/C25H33N2O6PS/c1-14-13-26-24(35-14)27-22(29)8-4-16-12-21(33-34(30,31)32)25(2)10-9-19-18-7-5-17(28)11-15(18)3-6-20(19)23(16)25/h5,7,11,13,16,19-21,23,28H,3-4,6,8-10,12H2,1-2H3,(H,26,27,29)(H2,30,31,32). The second-order valence-corrected chi connectivity index (χ2v) is 13.1. The molecule has 10 heteroatoms. The van der Waals surface area contributed by atoms with E-state index in [1.807, 2.05) is 19.1 Å². The lowest BCUT2D eigenvalue weighted by molar-refractivity contribution is -0.116. The number of aromatic nitrogens is 1. The maximum atomic E-state index is 12.7. The maximum absolute atomic E-state index is 12.7. The smallest absolute Gasteiger partial charge is 0.469 e. The number of hydrogen-bond acceptors (Lipinski definition) is 6. The monoisotopic (exact) mass is 520 g/mol. The minimum Gasteiger partial charge on any atom is -0.508 e. The van der Waals surface area contributed by atoms with Crippen LogP contribution in [0.2, 0.25) is 0 Å². The number of aromatic hydroxyl groups is 1. The molecule has 3 aliphatic carbocycles. The van der Waals surface area contributed by atoms with Crippen molar-refractivity contribution in [2.45, 2.75) is 70.8 Å². The van der Waals surface area contributed by atoms with Crippen molar-refractivity contribution in [3.05, 3.63) is 40.4 Å². The van der Waals surface area contributed by atoms with E-state index in [1.165, 1.54) is 22.5 Å². The zero-order valence-corrected chi connectivity index (χ0v) is 21.7. The number of fused-ring (bicyclic) bond motifs is 5. The molecule has 0 saturated heterocycles. The van der Waals surface area contributed by atoms with E-state index in [2.05, 4.69) is 17.2 Å². The van der Waals surface area contributed by atoms with Gasteiger partial charge in [0.05, 0.1) is 6.10 Å². The number of anilines is 1. The summed E-state index contributed by atoms with van der Waals surface area (Å²) in [5, 5.41) is 13.4. The van der Waals surface area contributed by atoms with E-state index in [0.29, 0.717) is 36.2 Å². The molecule has 1 aromatic heterocycles. The quantitative estimate of drug-likeness (QED) is 0.388. The van der Waals surface area contributed by atoms with Crippen LogP contribution in [0.1, 0.15) is 67.4 Å². The van der Waals surface area contributed by atoms with Crippen LogP contribution in [0.3, 0.4) is 0 Å². The van der Waals surface area contributed by atoms with E-state index in [1.54, 1.807) is 12.3 Å². The highest BCUT2D eigenvalue weighted by Crippen LogP contribution is 2.65. The van der Waals surface area contributed by atoms with Crippen LogP contribution >= 0.6 is 19.2 Å². The lowest BCUT2D eigenvalue weighted by Gasteiger charge is -2.52.